The SMILES string of the molecule is CC.CC.CCCCNC(=O)CCCCC[N+](C)(C)CCO. The van der Waals surface area contributed by atoms with Gasteiger partial charge >= 0.3 is 0 Å². The van der Waals surface area contributed by atoms with Crippen LogP contribution in [0, 0.1) is 0 Å². The van der Waals surface area contributed by atoms with E-state index in [1.54, 1.807) is 0 Å². The molecule has 0 heterocycles. The van der Waals surface area contributed by atoms with Crippen LogP contribution in [0.1, 0.15) is 73.1 Å². The number of hydrogen-bond donors (Lipinski definition) is 2. The Labute approximate surface area is 139 Å². The molecule has 0 rings (SSSR count). The van der Waals surface area contributed by atoms with Gasteiger partial charge in [-0.25, -0.2) is 0 Å². The highest BCUT2D eigenvalue weighted by molar-refractivity contribution is 5.75. The second-order valence-corrected chi connectivity index (χ2v) is 5.62. The molecule has 0 radical (unpaired) electrons. The number of aliphatic hydroxyl groups is 1. The third kappa shape index (κ3) is 21.7. The highest BCUT2D eigenvalue weighted by atomic mass is 16.3. The molecule has 0 aliphatic heterocycles. The molecule has 0 unspecified atom stereocenters. The fourth-order valence-corrected chi connectivity index (χ4v) is 1.88. The molecular weight excluding hydrogens is 276 g/mol. The molecule has 0 aliphatic rings. The molecule has 22 heavy (non-hydrogen) atoms. The van der Waals surface area contributed by atoms with Crippen LogP contribution in [0.2, 0.25) is 0 Å². The van der Waals surface area contributed by atoms with E-state index in [1.165, 1.54) is 0 Å². The lowest BCUT2D eigenvalue weighted by Gasteiger charge is -2.28. The molecule has 1 amide bonds. The van der Waals surface area contributed by atoms with Gasteiger partial charge in [0, 0.05) is 13.0 Å². The molecule has 0 spiro atoms. The molecule has 0 aliphatic carbocycles. The Morgan fingerprint density at radius 1 is 0.955 bits per heavy atom. The minimum Gasteiger partial charge on any atom is -0.391 e. The van der Waals surface area contributed by atoms with Crippen LogP contribution in [-0.2, 0) is 4.79 Å². The summed E-state index contributed by atoms with van der Waals surface area (Å²) in [4.78, 5) is 11.4. The van der Waals surface area contributed by atoms with Gasteiger partial charge in [-0.3, -0.25) is 4.79 Å². The smallest absolute Gasteiger partial charge is 0.219 e. The number of nitrogens with zero attached hydrogens (tertiary/aromatic N) is 1. The summed E-state index contributed by atoms with van der Waals surface area (Å²) in [7, 11) is 4.27. The van der Waals surface area contributed by atoms with Crippen LogP contribution in [0.4, 0.5) is 0 Å². The maximum Gasteiger partial charge on any atom is 0.219 e. The summed E-state index contributed by atoms with van der Waals surface area (Å²) in [5.41, 5.74) is 0. The van der Waals surface area contributed by atoms with E-state index in [1.807, 2.05) is 27.7 Å². The maximum absolute atomic E-state index is 11.4. The normalized spacial score (nSPS) is 10.0. The molecule has 0 saturated heterocycles. The lowest BCUT2D eigenvalue weighted by molar-refractivity contribution is -0.890. The van der Waals surface area contributed by atoms with Gasteiger partial charge in [0.2, 0.25) is 5.91 Å². The summed E-state index contributed by atoms with van der Waals surface area (Å²) in [5, 5.41) is 11.8. The maximum atomic E-state index is 11.4. The van der Waals surface area contributed by atoms with Crippen LogP contribution >= 0.6 is 0 Å². The van der Waals surface area contributed by atoms with E-state index in [4.69, 9.17) is 5.11 Å². The zero-order valence-electron chi connectivity index (χ0n) is 16.4. The summed E-state index contributed by atoms with van der Waals surface area (Å²) in [6.07, 6.45) is 6.02. The predicted octanol–water partition coefficient (Wildman–Crippen LogP) is 3.58. The largest absolute Gasteiger partial charge is 0.391 e. The van der Waals surface area contributed by atoms with Crippen LogP contribution in [0.25, 0.3) is 0 Å². The van der Waals surface area contributed by atoms with Crippen molar-refractivity contribution in [1.29, 1.82) is 0 Å². The standard InChI is InChI=1S/C14H30N2O2.2C2H6/c1-4-5-10-15-14(18)9-7-6-8-11-16(2,3)12-13-17;2*1-2/h17H,4-13H2,1-3H3;2*1-2H3/p+1. The molecule has 0 aromatic rings. The van der Waals surface area contributed by atoms with Crippen molar-refractivity contribution in [2.75, 3.05) is 40.3 Å². The first-order valence-electron chi connectivity index (χ1n) is 9.21. The summed E-state index contributed by atoms with van der Waals surface area (Å²) >= 11 is 0. The quantitative estimate of drug-likeness (QED) is 0.452. The number of carbonyl (C=O) groups excluding carboxylic acids is 1. The van der Waals surface area contributed by atoms with E-state index in [0.717, 1.165) is 56.2 Å². The zero-order valence-corrected chi connectivity index (χ0v) is 16.4. The highest BCUT2D eigenvalue weighted by Crippen LogP contribution is 2.05. The molecule has 136 valence electrons. The Balaban J connectivity index is -0.000000826. The summed E-state index contributed by atoms with van der Waals surface area (Å²) in [5.74, 6) is 0.188. The van der Waals surface area contributed by atoms with E-state index in [9.17, 15) is 4.79 Å². The highest BCUT2D eigenvalue weighted by Gasteiger charge is 2.12. The summed E-state index contributed by atoms with van der Waals surface area (Å²) in [6.45, 7) is 13.1. The lowest BCUT2D eigenvalue weighted by atomic mass is 10.1. The van der Waals surface area contributed by atoms with Crippen LogP contribution < -0.4 is 5.32 Å². The van der Waals surface area contributed by atoms with E-state index in [2.05, 4.69) is 26.3 Å². The first kappa shape index (κ1) is 26.3. The molecule has 0 atom stereocenters. The summed E-state index contributed by atoms with van der Waals surface area (Å²) < 4.78 is 0.860. The third-order valence-corrected chi connectivity index (χ3v) is 3.23. The van der Waals surface area contributed by atoms with Crippen molar-refractivity contribution in [2.45, 2.75) is 73.1 Å². The Hall–Kier alpha value is -0.610. The van der Waals surface area contributed by atoms with Crippen LogP contribution in [0.5, 0.6) is 0 Å². The number of rotatable bonds is 11. The number of aliphatic hydroxyl groups excluding tert-OH is 1. The van der Waals surface area contributed by atoms with Gasteiger partial charge in [0.25, 0.3) is 0 Å². The fourth-order valence-electron chi connectivity index (χ4n) is 1.88. The molecule has 4 nitrogen and oxygen atoms in total. The van der Waals surface area contributed by atoms with Gasteiger partial charge in [-0.1, -0.05) is 41.0 Å². The number of quaternary nitrogens is 1. The van der Waals surface area contributed by atoms with E-state index >= 15 is 0 Å². The van der Waals surface area contributed by atoms with E-state index in [-0.39, 0.29) is 12.5 Å². The topological polar surface area (TPSA) is 49.3 Å². The van der Waals surface area contributed by atoms with E-state index < -0.39 is 0 Å². The molecule has 0 saturated carbocycles. The van der Waals surface area contributed by atoms with Gasteiger partial charge < -0.3 is 14.9 Å². The molecule has 0 aromatic heterocycles. The summed E-state index contributed by atoms with van der Waals surface area (Å²) in [6, 6.07) is 0. The number of amides is 1. The lowest BCUT2D eigenvalue weighted by Crippen LogP contribution is -2.42. The number of carbonyl (C=O) groups is 1. The second kappa shape index (κ2) is 20.4. The van der Waals surface area contributed by atoms with Crippen molar-refractivity contribution in [3.8, 4) is 0 Å². The molecule has 0 aromatic carbocycles. The molecule has 0 bridgehead atoms. The van der Waals surface area contributed by atoms with Crippen molar-refractivity contribution in [1.82, 2.24) is 5.32 Å². The Kier molecular flexibility index (Phi) is 24.4. The molecule has 2 N–H and O–H groups in total. The van der Waals surface area contributed by atoms with Crippen LogP contribution in [0.3, 0.4) is 0 Å². The average Bonchev–Trinajstić information content (AvgIpc) is 2.51. The van der Waals surface area contributed by atoms with Gasteiger partial charge in [-0.2, -0.15) is 0 Å². The van der Waals surface area contributed by atoms with Crippen molar-refractivity contribution in [2.24, 2.45) is 0 Å². The van der Waals surface area contributed by atoms with Gasteiger partial charge in [-0.05, 0) is 25.7 Å². The Bertz CT molecular complexity index is 219. The van der Waals surface area contributed by atoms with Crippen molar-refractivity contribution in [3.63, 3.8) is 0 Å². The monoisotopic (exact) mass is 319 g/mol. The Morgan fingerprint density at radius 2 is 1.55 bits per heavy atom. The second-order valence-electron chi connectivity index (χ2n) is 5.62. The minimum atomic E-state index is 0.188. The number of likely N-dealkylation sites (N-methyl/N-ethyl adjacent to an activating group) is 1. The first-order chi connectivity index (χ1) is 10.5. The van der Waals surface area contributed by atoms with Crippen LogP contribution in [0.15, 0.2) is 0 Å². The molecule has 4 heteroatoms. The minimum absolute atomic E-state index is 0.188. The van der Waals surface area contributed by atoms with Gasteiger partial charge in [-0.15, -0.1) is 0 Å². The van der Waals surface area contributed by atoms with Crippen molar-refractivity contribution < 1.29 is 14.4 Å². The average molecular weight is 320 g/mol. The van der Waals surface area contributed by atoms with Gasteiger partial charge in [0.1, 0.15) is 6.54 Å². The number of hydrogen-bond acceptors (Lipinski definition) is 2. The van der Waals surface area contributed by atoms with Crippen molar-refractivity contribution >= 4 is 5.91 Å². The van der Waals surface area contributed by atoms with Gasteiger partial charge in [0.15, 0.2) is 0 Å². The number of unbranched alkanes of at least 4 members (excludes halogenated alkanes) is 3. The molecule has 0 fully saturated rings. The predicted molar refractivity (Wildman–Crippen MR) is 98.0 cm³/mol. The van der Waals surface area contributed by atoms with Crippen LogP contribution in [-0.4, -0.2) is 55.8 Å². The fraction of sp³-hybridized carbons (Fsp3) is 0.944. The zero-order chi connectivity index (χ0) is 17.9. The third-order valence-electron chi connectivity index (χ3n) is 3.23. The van der Waals surface area contributed by atoms with Gasteiger partial charge in [0.05, 0.1) is 27.2 Å². The Morgan fingerprint density at radius 3 is 2.05 bits per heavy atom. The number of nitrogens with one attached hydrogen (secondary N) is 1. The van der Waals surface area contributed by atoms with Crippen molar-refractivity contribution in [3.05, 3.63) is 0 Å². The first-order valence-corrected chi connectivity index (χ1v) is 9.21. The van der Waals surface area contributed by atoms with E-state index in [0.29, 0.717) is 6.42 Å². The molecular formula is C18H43N2O2+.